The summed E-state index contributed by atoms with van der Waals surface area (Å²) in [5, 5.41) is 0. The van der Waals surface area contributed by atoms with Crippen LogP contribution in [-0.2, 0) is 15.3 Å². The fourth-order valence-corrected chi connectivity index (χ4v) is 1.51. The van der Waals surface area contributed by atoms with Gasteiger partial charge in [-0.15, -0.1) is 6.42 Å². The van der Waals surface area contributed by atoms with Gasteiger partial charge in [0.05, 0.1) is 11.7 Å². The second-order valence-corrected chi connectivity index (χ2v) is 2.82. The molecule has 0 aliphatic carbocycles. The smallest absolute Gasteiger partial charge is 0.228 e. The minimum absolute atomic E-state index is 0.123. The summed E-state index contributed by atoms with van der Waals surface area (Å²) in [6, 6.07) is 0. The molecular weight excluding hydrogens is 143 g/mol. The first kappa shape index (κ1) is 6.72. The molecule has 9 heavy (non-hydrogen) atoms. The quantitative estimate of drug-likeness (QED) is 0.459. The number of terminal acetylenes is 1. The Bertz CT molecular complexity index is 174. The van der Waals surface area contributed by atoms with E-state index in [1.54, 1.807) is 0 Å². The molecular formula is C5H5FO2S. The van der Waals surface area contributed by atoms with E-state index in [2.05, 4.69) is 10.1 Å². The zero-order chi connectivity index (χ0) is 6.85. The molecule has 0 spiro atoms. The molecule has 0 saturated carbocycles. The lowest BCUT2D eigenvalue weighted by molar-refractivity contribution is 0.0759. The number of halogens is 1. The van der Waals surface area contributed by atoms with E-state index < -0.39 is 23.4 Å². The van der Waals surface area contributed by atoms with Crippen LogP contribution in [0.4, 0.5) is 4.39 Å². The lowest BCUT2D eigenvalue weighted by atomic mass is 10.2. The molecule has 0 amide bonds. The van der Waals surface area contributed by atoms with Crippen LogP contribution in [0.15, 0.2) is 0 Å². The summed E-state index contributed by atoms with van der Waals surface area (Å²) in [5.74, 6) is 1.65. The molecule has 3 unspecified atom stereocenters. The Morgan fingerprint density at radius 1 is 1.89 bits per heavy atom. The molecule has 1 aliphatic heterocycles. The minimum Gasteiger partial charge on any atom is -0.252 e. The number of hydrogen-bond acceptors (Lipinski definition) is 2. The fraction of sp³-hybridized carbons (Fsp3) is 0.600. The maximum atomic E-state index is 12.3. The second kappa shape index (κ2) is 2.46. The highest BCUT2D eigenvalue weighted by Crippen LogP contribution is 2.19. The molecule has 4 heteroatoms. The van der Waals surface area contributed by atoms with E-state index in [1.807, 2.05) is 0 Å². The topological polar surface area (TPSA) is 26.3 Å². The number of hydrogen-bond donors (Lipinski definition) is 0. The van der Waals surface area contributed by atoms with Crippen molar-refractivity contribution >= 4 is 11.1 Å². The van der Waals surface area contributed by atoms with Crippen molar-refractivity contribution in [1.29, 1.82) is 0 Å². The van der Waals surface area contributed by atoms with Crippen LogP contribution in [0.5, 0.6) is 0 Å². The van der Waals surface area contributed by atoms with Gasteiger partial charge in [-0.3, -0.25) is 4.18 Å². The molecule has 3 atom stereocenters. The van der Waals surface area contributed by atoms with Crippen LogP contribution >= 0.6 is 0 Å². The lowest BCUT2D eigenvalue weighted by Gasteiger charge is -1.96. The first-order chi connectivity index (χ1) is 4.24. The third-order valence-corrected chi connectivity index (χ3v) is 2.08. The molecule has 0 N–H and O–H groups in total. The van der Waals surface area contributed by atoms with Gasteiger partial charge in [0.1, 0.15) is 0 Å². The molecule has 0 aromatic heterocycles. The standard InChI is InChI=1S/C5H5FO2S/c1-2-4-3-9(7)8-5(4)6/h1,4-5H,3H2. The summed E-state index contributed by atoms with van der Waals surface area (Å²) in [4.78, 5) is 0. The molecule has 2 nitrogen and oxygen atoms in total. The predicted molar refractivity (Wildman–Crippen MR) is 31.3 cm³/mol. The van der Waals surface area contributed by atoms with Gasteiger partial charge in [-0.1, -0.05) is 5.92 Å². The molecule has 0 aromatic carbocycles. The molecule has 0 aromatic rings. The van der Waals surface area contributed by atoms with E-state index in [-0.39, 0.29) is 5.75 Å². The normalized spacial score (nSPS) is 42.4. The van der Waals surface area contributed by atoms with Gasteiger partial charge in [-0.05, 0) is 0 Å². The van der Waals surface area contributed by atoms with Crippen molar-refractivity contribution in [2.75, 3.05) is 5.75 Å². The molecule has 50 valence electrons. The summed E-state index contributed by atoms with van der Waals surface area (Å²) >= 11 is -1.50. The Morgan fingerprint density at radius 2 is 2.56 bits per heavy atom. The van der Waals surface area contributed by atoms with Crippen molar-refractivity contribution in [2.24, 2.45) is 5.92 Å². The van der Waals surface area contributed by atoms with Crippen LogP contribution in [-0.4, -0.2) is 16.3 Å². The maximum absolute atomic E-state index is 12.3. The van der Waals surface area contributed by atoms with Gasteiger partial charge in [0.2, 0.25) is 6.36 Å². The third-order valence-electron chi connectivity index (χ3n) is 1.05. The van der Waals surface area contributed by atoms with Crippen molar-refractivity contribution in [3.63, 3.8) is 0 Å². The summed E-state index contributed by atoms with van der Waals surface area (Å²) in [6.45, 7) is 0. The van der Waals surface area contributed by atoms with Gasteiger partial charge >= 0.3 is 0 Å². The zero-order valence-electron chi connectivity index (χ0n) is 4.54. The Kier molecular flexibility index (Phi) is 1.84. The molecule has 1 saturated heterocycles. The Labute approximate surface area is 55.1 Å². The third kappa shape index (κ3) is 1.29. The van der Waals surface area contributed by atoms with Gasteiger partial charge in [-0.2, -0.15) is 0 Å². The molecule has 0 radical (unpaired) electrons. The van der Waals surface area contributed by atoms with Crippen LogP contribution in [0, 0.1) is 18.3 Å². The maximum Gasteiger partial charge on any atom is 0.228 e. The van der Waals surface area contributed by atoms with Gasteiger partial charge in [-0.25, -0.2) is 8.60 Å². The second-order valence-electron chi connectivity index (χ2n) is 1.69. The number of alkyl halides is 1. The van der Waals surface area contributed by atoms with E-state index in [0.717, 1.165) is 0 Å². The molecule has 1 rings (SSSR count). The largest absolute Gasteiger partial charge is 0.252 e. The van der Waals surface area contributed by atoms with Crippen molar-refractivity contribution < 1.29 is 12.8 Å². The van der Waals surface area contributed by atoms with Crippen molar-refractivity contribution in [3.8, 4) is 12.3 Å². The van der Waals surface area contributed by atoms with Crippen LogP contribution < -0.4 is 0 Å². The highest BCUT2D eigenvalue weighted by atomic mass is 32.2. The van der Waals surface area contributed by atoms with Gasteiger partial charge in [0.25, 0.3) is 0 Å². The first-order valence-electron chi connectivity index (χ1n) is 2.39. The van der Waals surface area contributed by atoms with Gasteiger partial charge < -0.3 is 0 Å². The van der Waals surface area contributed by atoms with Crippen molar-refractivity contribution in [3.05, 3.63) is 0 Å². The molecule has 1 aliphatic rings. The fourth-order valence-electron chi connectivity index (χ4n) is 0.555. The highest BCUT2D eigenvalue weighted by Gasteiger charge is 2.31. The summed E-state index contributed by atoms with van der Waals surface area (Å²) in [5.41, 5.74) is 0. The average Bonchev–Trinajstić information content (AvgIpc) is 2.10. The SMILES string of the molecule is C#CC1CS(=O)OC1F. The zero-order valence-corrected chi connectivity index (χ0v) is 5.36. The van der Waals surface area contributed by atoms with Crippen molar-refractivity contribution in [1.82, 2.24) is 0 Å². The van der Waals surface area contributed by atoms with E-state index in [9.17, 15) is 8.60 Å². The predicted octanol–water partition coefficient (Wildman–Crippen LogP) is 0.225. The van der Waals surface area contributed by atoms with E-state index in [0.29, 0.717) is 0 Å². The Morgan fingerprint density at radius 3 is 2.78 bits per heavy atom. The van der Waals surface area contributed by atoms with Crippen molar-refractivity contribution in [2.45, 2.75) is 6.36 Å². The van der Waals surface area contributed by atoms with Crippen LogP contribution in [0.1, 0.15) is 0 Å². The monoisotopic (exact) mass is 148 g/mol. The molecule has 1 heterocycles. The molecule has 0 bridgehead atoms. The van der Waals surface area contributed by atoms with E-state index in [1.165, 1.54) is 0 Å². The van der Waals surface area contributed by atoms with Gasteiger partial charge in [0.15, 0.2) is 11.1 Å². The number of rotatable bonds is 0. The summed E-state index contributed by atoms with van der Waals surface area (Å²) < 4.78 is 26.9. The highest BCUT2D eigenvalue weighted by molar-refractivity contribution is 7.80. The summed E-state index contributed by atoms with van der Waals surface area (Å²) in [6.07, 6.45) is 3.35. The first-order valence-corrected chi connectivity index (χ1v) is 3.64. The van der Waals surface area contributed by atoms with E-state index in [4.69, 9.17) is 6.42 Å². The Hall–Kier alpha value is -0.400. The Balaban J connectivity index is 2.60. The van der Waals surface area contributed by atoms with Crippen LogP contribution in [0.2, 0.25) is 0 Å². The minimum atomic E-state index is -1.53. The average molecular weight is 148 g/mol. The van der Waals surface area contributed by atoms with Gasteiger partial charge in [0, 0.05) is 0 Å². The van der Waals surface area contributed by atoms with Crippen LogP contribution in [0.25, 0.3) is 0 Å². The van der Waals surface area contributed by atoms with E-state index >= 15 is 0 Å². The summed E-state index contributed by atoms with van der Waals surface area (Å²) in [7, 11) is 0. The molecule has 1 fully saturated rings. The van der Waals surface area contributed by atoms with Crippen LogP contribution in [0.3, 0.4) is 0 Å². The lowest BCUT2D eigenvalue weighted by Crippen LogP contribution is -2.08.